The van der Waals surface area contributed by atoms with Gasteiger partial charge in [-0.3, -0.25) is 0 Å². The van der Waals surface area contributed by atoms with E-state index in [0.717, 1.165) is 0 Å². The standard InChI is InChI=1S/C45H76O36/c1-10(52)8-67-9-17-38-24(59)31(66)45(74-17)80-37-16(7-51)72-43(29(64)22(37)57)78-35-14(5-49)70-41(27(62)20(35)55)76-33-12(3-47)68-39(25(60)18(33)53)75-32-11(2-46)69-40(26(61)19(32)54)77-34-13(4-48)71-42(28(63)21(34)56)79-36-15(6-50)73-44(81-38)30(65)23(36)58/h10-66H,2-9H2,1H3/t10-,11+,12+,13+,14+,15+,16+,17+,18+,19+,20+,21+,22+,23+,24+,25+,26+,27+,28+,29+,30+,31+,32+,33+,34+,35+,36+,37+,38+,39+,40+,41+,42+,43+,44+,45+/m1/s1. The van der Waals surface area contributed by atoms with E-state index in [1.807, 2.05) is 0 Å². The quantitative estimate of drug-likeness (QED) is 0.0966. The number of hydrogen-bond acceptors (Lipinski definition) is 36. The molecule has 21 rings (SSSR count). The van der Waals surface area contributed by atoms with Crippen LogP contribution in [0.2, 0.25) is 0 Å². The van der Waals surface area contributed by atoms with Crippen LogP contribution < -0.4 is 0 Å². The molecule has 21 saturated heterocycles. The lowest BCUT2D eigenvalue weighted by Gasteiger charge is -2.50. The summed E-state index contributed by atoms with van der Waals surface area (Å²) in [6, 6.07) is 0. The summed E-state index contributed by atoms with van der Waals surface area (Å²) in [6.07, 6.45) is -71.3. The maximum atomic E-state index is 11.6. The van der Waals surface area contributed by atoms with Crippen molar-refractivity contribution in [2.45, 2.75) is 228 Å². The average molecular weight is 1190 g/mol. The first-order chi connectivity index (χ1) is 38.5. The molecule has 0 aromatic rings. The van der Waals surface area contributed by atoms with Gasteiger partial charge in [0.05, 0.1) is 59.0 Å². The van der Waals surface area contributed by atoms with Crippen LogP contribution in [-0.4, -0.2) is 381 Å². The lowest BCUT2D eigenvalue weighted by molar-refractivity contribution is -0.397. The second kappa shape index (κ2) is 28.2. The van der Waals surface area contributed by atoms with Gasteiger partial charge in [-0.25, -0.2) is 0 Å². The summed E-state index contributed by atoms with van der Waals surface area (Å²) in [4.78, 5) is 0. The highest BCUT2D eigenvalue weighted by molar-refractivity contribution is 5.02. The van der Waals surface area contributed by atoms with Crippen molar-refractivity contribution in [1.82, 2.24) is 0 Å². The van der Waals surface area contributed by atoms with Crippen molar-refractivity contribution in [3.8, 4) is 0 Å². The second-order valence-electron chi connectivity index (χ2n) is 20.9. The van der Waals surface area contributed by atoms with Gasteiger partial charge in [0, 0.05) is 0 Å². The molecule has 21 aliphatic rings. The molecule has 0 radical (unpaired) electrons. The minimum Gasteiger partial charge on any atom is -0.394 e. The van der Waals surface area contributed by atoms with Crippen LogP contribution in [-0.2, 0) is 71.1 Å². The SMILES string of the molecule is C[C@@H](O)COC[C@@H]1O[C@H]2O[C@@H]3[C@@H](O)[C@H](O)[C@H](O[C@@H]4[C@@H](O)[C@H](O)[C@H](O[C@@H]5[C@@H](O)[C@H](O)[C@H](O[C@@H]6[C@@H](O)[C@H](O)[C@H](O[C@@H]7[C@@H](O)[C@H](O)[C@H](O[C@@H]8[C@@H](O)[C@H](O)[C@H](O[C@@H]1[C@@H](O)[C@@H]2O)O[C@H]8CO)O[C@H]7CO)O[C@H]6CO)O[C@H]5CO)O[C@H]4CO)O[C@H]3CO. The fourth-order valence-corrected chi connectivity index (χ4v) is 10.8. The number of ether oxygens (including phenoxy) is 15. The highest BCUT2D eigenvalue weighted by atomic mass is 16.8. The van der Waals surface area contributed by atoms with Crippen LogP contribution in [0.15, 0.2) is 0 Å². The van der Waals surface area contributed by atoms with Gasteiger partial charge in [0.25, 0.3) is 0 Å². The molecule has 21 fully saturated rings. The summed E-state index contributed by atoms with van der Waals surface area (Å²) in [7, 11) is 0. The first-order valence-electron chi connectivity index (χ1n) is 26.1. The minimum absolute atomic E-state index is 0.359. The topological polar surface area (TPSA) is 563 Å². The van der Waals surface area contributed by atoms with E-state index in [4.69, 9.17) is 71.1 Å². The third-order valence-electron chi connectivity index (χ3n) is 15.2. The van der Waals surface area contributed by atoms with Gasteiger partial charge >= 0.3 is 0 Å². The van der Waals surface area contributed by atoms with Gasteiger partial charge in [0.2, 0.25) is 0 Å². The van der Waals surface area contributed by atoms with E-state index in [9.17, 15) is 107 Å². The summed E-state index contributed by atoms with van der Waals surface area (Å²) >= 11 is 0. The van der Waals surface area contributed by atoms with E-state index in [0.29, 0.717) is 0 Å². The van der Waals surface area contributed by atoms with Gasteiger partial charge in [-0.05, 0) is 6.92 Å². The first-order valence-corrected chi connectivity index (χ1v) is 26.1. The Morgan fingerprint density at radius 3 is 0.580 bits per heavy atom. The fourth-order valence-electron chi connectivity index (χ4n) is 10.8. The Hall–Kier alpha value is -1.44. The molecule has 0 aliphatic carbocycles. The minimum atomic E-state index is -2.22. The van der Waals surface area contributed by atoms with Gasteiger partial charge in [-0.2, -0.15) is 0 Å². The molecule has 21 heterocycles. The largest absolute Gasteiger partial charge is 0.394 e. The molecule has 0 unspecified atom stereocenters. The van der Waals surface area contributed by atoms with E-state index in [1.165, 1.54) is 6.92 Å². The number of aliphatic hydroxyl groups is 21. The number of aliphatic hydroxyl groups excluding tert-OH is 21. The molecule has 0 amide bonds. The van der Waals surface area contributed by atoms with E-state index in [1.54, 1.807) is 0 Å². The molecule has 36 heteroatoms. The van der Waals surface area contributed by atoms with E-state index >= 15 is 0 Å². The van der Waals surface area contributed by atoms with E-state index in [2.05, 4.69) is 0 Å². The van der Waals surface area contributed by atoms with Crippen molar-refractivity contribution < 1.29 is 178 Å². The molecule has 0 aromatic carbocycles. The van der Waals surface area contributed by atoms with Crippen molar-refractivity contribution in [3.63, 3.8) is 0 Å². The highest BCUT2D eigenvalue weighted by Crippen LogP contribution is 2.39. The lowest BCUT2D eigenvalue weighted by atomic mass is 9.95. The summed E-state index contributed by atoms with van der Waals surface area (Å²) < 4.78 is 86.0. The second-order valence-corrected chi connectivity index (χ2v) is 20.9. The van der Waals surface area contributed by atoms with Crippen molar-refractivity contribution in [2.75, 3.05) is 52.9 Å². The molecule has 14 bridgehead atoms. The summed E-state index contributed by atoms with van der Waals surface area (Å²) in [5.41, 5.74) is 0. The van der Waals surface area contributed by atoms with Crippen molar-refractivity contribution in [3.05, 3.63) is 0 Å². The van der Waals surface area contributed by atoms with Crippen LogP contribution in [0.25, 0.3) is 0 Å². The molecule has 21 N–H and O–H groups in total. The Morgan fingerprint density at radius 1 is 0.259 bits per heavy atom. The van der Waals surface area contributed by atoms with E-state index in [-0.39, 0.29) is 6.61 Å². The Balaban J connectivity index is 1.09. The Kier molecular flexibility index (Phi) is 22.8. The molecule has 21 aliphatic heterocycles. The predicted octanol–water partition coefficient (Wildman–Crippen LogP) is -14.8. The van der Waals surface area contributed by atoms with Gasteiger partial charge in [-0.15, -0.1) is 0 Å². The van der Waals surface area contributed by atoms with E-state index < -0.39 is 267 Å². The molecule has 81 heavy (non-hydrogen) atoms. The summed E-state index contributed by atoms with van der Waals surface area (Å²) in [5, 5.41) is 232. The highest BCUT2D eigenvalue weighted by Gasteiger charge is 2.59. The fraction of sp³-hybridized carbons (Fsp3) is 1.00. The smallest absolute Gasteiger partial charge is 0.187 e. The Morgan fingerprint density at radius 2 is 0.420 bits per heavy atom. The Bertz CT molecular complexity index is 1900. The van der Waals surface area contributed by atoms with Gasteiger partial charge in [0.1, 0.15) is 171 Å². The normalized spacial score (nSPS) is 53.6. The molecular weight excluding hydrogens is 1120 g/mol. The van der Waals surface area contributed by atoms with Crippen LogP contribution >= 0.6 is 0 Å². The zero-order valence-electron chi connectivity index (χ0n) is 43.0. The third-order valence-corrected chi connectivity index (χ3v) is 15.2. The summed E-state index contributed by atoms with van der Waals surface area (Å²) in [6.45, 7) is -5.92. The first kappa shape index (κ1) is 65.5. The average Bonchev–Trinajstić information content (AvgIpc) is 3.45. The molecule has 0 saturated carbocycles. The Labute approximate surface area is 458 Å². The molecule has 0 spiro atoms. The molecule has 0 aromatic heterocycles. The molecular formula is C45H76O36. The molecule has 36 atom stereocenters. The maximum absolute atomic E-state index is 11.6. The van der Waals surface area contributed by atoms with Gasteiger partial charge in [-0.1, -0.05) is 0 Å². The third kappa shape index (κ3) is 13.5. The predicted molar refractivity (Wildman–Crippen MR) is 244 cm³/mol. The number of hydrogen-bond donors (Lipinski definition) is 21. The molecule has 36 nitrogen and oxygen atoms in total. The zero-order valence-corrected chi connectivity index (χ0v) is 43.0. The van der Waals surface area contributed by atoms with Crippen LogP contribution in [0.5, 0.6) is 0 Å². The monoisotopic (exact) mass is 1190 g/mol. The van der Waals surface area contributed by atoms with Gasteiger partial charge < -0.3 is 178 Å². The van der Waals surface area contributed by atoms with Crippen molar-refractivity contribution >= 4 is 0 Å². The molecule has 472 valence electrons. The summed E-state index contributed by atoms with van der Waals surface area (Å²) in [5.74, 6) is 0. The van der Waals surface area contributed by atoms with Crippen molar-refractivity contribution in [2.24, 2.45) is 0 Å². The van der Waals surface area contributed by atoms with Crippen LogP contribution in [0.3, 0.4) is 0 Å². The van der Waals surface area contributed by atoms with Gasteiger partial charge in [0.15, 0.2) is 44.0 Å². The van der Waals surface area contributed by atoms with Crippen LogP contribution in [0.4, 0.5) is 0 Å². The maximum Gasteiger partial charge on any atom is 0.187 e. The lowest BCUT2D eigenvalue weighted by Crippen LogP contribution is -2.68. The number of rotatable bonds is 10. The van der Waals surface area contributed by atoms with Crippen LogP contribution in [0, 0.1) is 0 Å². The zero-order chi connectivity index (χ0) is 59.0. The van der Waals surface area contributed by atoms with Crippen LogP contribution in [0.1, 0.15) is 6.92 Å². The van der Waals surface area contributed by atoms with Crippen molar-refractivity contribution in [1.29, 1.82) is 0 Å².